The van der Waals surface area contributed by atoms with E-state index in [0.717, 1.165) is 47.1 Å². The predicted octanol–water partition coefficient (Wildman–Crippen LogP) is 4.91. The second-order valence-corrected chi connectivity index (χ2v) is 6.96. The topological polar surface area (TPSA) is 24.9 Å². The highest BCUT2D eigenvalue weighted by molar-refractivity contribution is 7.09. The third kappa shape index (κ3) is 5.26. The molecule has 114 valence electrons. The van der Waals surface area contributed by atoms with E-state index in [1.54, 1.807) is 11.3 Å². The van der Waals surface area contributed by atoms with Crippen molar-refractivity contribution in [1.82, 2.24) is 10.3 Å². The molecule has 1 N–H and O–H groups in total. The highest BCUT2D eigenvalue weighted by Gasteiger charge is 2.14. The van der Waals surface area contributed by atoms with Gasteiger partial charge in [0.25, 0.3) is 0 Å². The summed E-state index contributed by atoms with van der Waals surface area (Å²) < 4.78 is 0. The second kappa shape index (κ2) is 8.14. The van der Waals surface area contributed by atoms with Gasteiger partial charge in [-0.2, -0.15) is 0 Å². The van der Waals surface area contributed by atoms with Crippen LogP contribution in [-0.4, -0.2) is 17.6 Å². The maximum atomic E-state index is 6.28. The number of nitrogens with zero attached hydrogens (tertiary/aromatic N) is 1. The van der Waals surface area contributed by atoms with E-state index in [2.05, 4.69) is 22.6 Å². The van der Waals surface area contributed by atoms with Crippen LogP contribution in [0.4, 0.5) is 0 Å². The maximum Gasteiger partial charge on any atom is 0.0943 e. The van der Waals surface area contributed by atoms with Crippen molar-refractivity contribution < 1.29 is 0 Å². The normalized spacial score (nSPS) is 12.6. The van der Waals surface area contributed by atoms with Crippen molar-refractivity contribution in [3.63, 3.8) is 0 Å². The molecule has 0 aliphatic carbocycles. The molecule has 0 saturated carbocycles. The minimum absolute atomic E-state index is 0.325. The van der Waals surface area contributed by atoms with Gasteiger partial charge in [0.15, 0.2) is 0 Å². The van der Waals surface area contributed by atoms with Gasteiger partial charge in [0.05, 0.1) is 5.01 Å². The molecule has 0 amide bonds. The van der Waals surface area contributed by atoms with Crippen LogP contribution in [0.15, 0.2) is 23.6 Å². The van der Waals surface area contributed by atoms with Gasteiger partial charge in [0.2, 0.25) is 0 Å². The van der Waals surface area contributed by atoms with Crippen LogP contribution in [0.2, 0.25) is 10.0 Å². The third-order valence-electron chi connectivity index (χ3n) is 3.24. The third-order valence-corrected chi connectivity index (χ3v) is 4.84. The molecule has 0 bridgehead atoms. The van der Waals surface area contributed by atoms with Gasteiger partial charge in [-0.25, -0.2) is 4.98 Å². The van der Waals surface area contributed by atoms with E-state index < -0.39 is 0 Å². The summed E-state index contributed by atoms with van der Waals surface area (Å²) in [5.41, 5.74) is 2.18. The average molecular weight is 343 g/mol. The van der Waals surface area contributed by atoms with Gasteiger partial charge >= 0.3 is 0 Å². The van der Waals surface area contributed by atoms with E-state index in [4.69, 9.17) is 23.2 Å². The van der Waals surface area contributed by atoms with E-state index in [1.165, 1.54) is 5.01 Å². The van der Waals surface area contributed by atoms with Crippen LogP contribution in [0.25, 0.3) is 0 Å². The summed E-state index contributed by atoms with van der Waals surface area (Å²) in [7, 11) is 0. The van der Waals surface area contributed by atoms with E-state index in [-0.39, 0.29) is 0 Å². The van der Waals surface area contributed by atoms with Crippen LogP contribution < -0.4 is 5.32 Å². The Morgan fingerprint density at radius 1 is 1.29 bits per heavy atom. The lowest BCUT2D eigenvalue weighted by molar-refractivity contribution is 0.504. The molecule has 0 spiro atoms. The molecule has 1 unspecified atom stereocenters. The zero-order valence-electron chi connectivity index (χ0n) is 12.3. The average Bonchev–Trinajstić information content (AvgIpc) is 2.85. The molecule has 1 aromatic carbocycles. The van der Waals surface area contributed by atoms with E-state index >= 15 is 0 Å². The van der Waals surface area contributed by atoms with Gasteiger partial charge in [-0.05, 0) is 50.1 Å². The Balaban J connectivity index is 2.09. The Labute approximate surface area is 140 Å². The molecule has 0 saturated heterocycles. The lowest BCUT2D eigenvalue weighted by atomic mass is 10.0. The molecule has 0 radical (unpaired) electrons. The fourth-order valence-corrected chi connectivity index (χ4v) is 3.48. The Kier molecular flexibility index (Phi) is 6.49. The molecule has 1 heterocycles. The second-order valence-electron chi connectivity index (χ2n) is 5.18. The molecule has 2 nitrogen and oxygen atoms in total. The van der Waals surface area contributed by atoms with E-state index in [9.17, 15) is 0 Å². The van der Waals surface area contributed by atoms with Gasteiger partial charge in [-0.1, -0.05) is 30.1 Å². The first-order valence-electron chi connectivity index (χ1n) is 7.16. The lowest BCUT2D eigenvalue weighted by Crippen LogP contribution is -2.33. The summed E-state index contributed by atoms with van der Waals surface area (Å²) in [6.07, 6.45) is 2.88. The SMILES string of the molecule is CCCNC(Cc1nc(C)cs1)Cc1cc(Cl)ccc1Cl. The summed E-state index contributed by atoms with van der Waals surface area (Å²) in [6, 6.07) is 5.97. The van der Waals surface area contributed by atoms with Gasteiger partial charge in [0.1, 0.15) is 0 Å². The van der Waals surface area contributed by atoms with Gasteiger partial charge in [0, 0.05) is 33.6 Å². The van der Waals surface area contributed by atoms with E-state index in [1.807, 2.05) is 25.1 Å². The molecule has 1 aromatic heterocycles. The highest BCUT2D eigenvalue weighted by atomic mass is 35.5. The van der Waals surface area contributed by atoms with Crippen LogP contribution in [0.3, 0.4) is 0 Å². The summed E-state index contributed by atoms with van der Waals surface area (Å²) in [6.45, 7) is 5.19. The smallest absolute Gasteiger partial charge is 0.0943 e. The van der Waals surface area contributed by atoms with E-state index in [0.29, 0.717) is 6.04 Å². The Bertz CT molecular complexity index is 583. The van der Waals surface area contributed by atoms with Crippen LogP contribution in [0.5, 0.6) is 0 Å². The van der Waals surface area contributed by atoms with Crippen molar-refractivity contribution in [2.24, 2.45) is 0 Å². The van der Waals surface area contributed by atoms with Crippen molar-refractivity contribution in [1.29, 1.82) is 0 Å². The molecule has 0 fully saturated rings. The molecule has 2 rings (SSSR count). The fraction of sp³-hybridized carbons (Fsp3) is 0.438. The molecule has 0 aliphatic heterocycles. The standard InChI is InChI=1S/C16H20Cl2N2S/c1-3-6-19-14(9-16-20-11(2)10-21-16)8-12-7-13(17)4-5-15(12)18/h4-5,7,10,14,19H,3,6,8-9H2,1-2H3. The Morgan fingerprint density at radius 2 is 2.10 bits per heavy atom. The number of hydrogen-bond donors (Lipinski definition) is 1. The number of halogens is 2. The van der Waals surface area contributed by atoms with Gasteiger partial charge in [-0.3, -0.25) is 0 Å². The molecular weight excluding hydrogens is 323 g/mol. The first kappa shape index (κ1) is 16.8. The molecular formula is C16H20Cl2N2S. The highest BCUT2D eigenvalue weighted by Crippen LogP contribution is 2.23. The fourth-order valence-electron chi connectivity index (χ4n) is 2.24. The summed E-state index contributed by atoms with van der Waals surface area (Å²) >= 11 is 14.1. The lowest BCUT2D eigenvalue weighted by Gasteiger charge is -2.18. The van der Waals surface area contributed by atoms with Crippen molar-refractivity contribution >= 4 is 34.5 Å². The number of benzene rings is 1. The summed E-state index contributed by atoms with van der Waals surface area (Å²) in [4.78, 5) is 4.56. The zero-order chi connectivity index (χ0) is 15.2. The quantitative estimate of drug-likeness (QED) is 0.772. The van der Waals surface area contributed by atoms with Crippen molar-refractivity contribution in [3.8, 4) is 0 Å². The van der Waals surface area contributed by atoms with Crippen molar-refractivity contribution in [2.75, 3.05) is 6.54 Å². The maximum absolute atomic E-state index is 6.28. The number of rotatable bonds is 7. The van der Waals surface area contributed by atoms with Gasteiger partial charge in [-0.15, -0.1) is 11.3 Å². The van der Waals surface area contributed by atoms with Crippen LogP contribution >= 0.6 is 34.5 Å². The first-order chi connectivity index (χ1) is 10.1. The number of hydrogen-bond acceptors (Lipinski definition) is 3. The van der Waals surface area contributed by atoms with Crippen LogP contribution in [-0.2, 0) is 12.8 Å². The Morgan fingerprint density at radius 3 is 2.76 bits per heavy atom. The molecule has 21 heavy (non-hydrogen) atoms. The van der Waals surface area contributed by atoms with Crippen molar-refractivity contribution in [3.05, 3.63) is 49.9 Å². The summed E-state index contributed by atoms with van der Waals surface area (Å²) in [5.74, 6) is 0. The van der Waals surface area contributed by atoms with Crippen molar-refractivity contribution in [2.45, 2.75) is 39.2 Å². The molecule has 0 aliphatic rings. The molecule has 1 atom stereocenters. The number of nitrogens with one attached hydrogen (secondary N) is 1. The first-order valence-corrected chi connectivity index (χ1v) is 8.80. The minimum atomic E-state index is 0.325. The predicted molar refractivity (Wildman–Crippen MR) is 92.8 cm³/mol. The Hall–Kier alpha value is -0.610. The minimum Gasteiger partial charge on any atom is -0.313 e. The van der Waals surface area contributed by atoms with Crippen LogP contribution in [0.1, 0.15) is 29.6 Å². The zero-order valence-corrected chi connectivity index (χ0v) is 14.7. The molecule has 5 heteroatoms. The summed E-state index contributed by atoms with van der Waals surface area (Å²) in [5, 5.41) is 8.36. The number of thiazole rings is 1. The number of aromatic nitrogens is 1. The van der Waals surface area contributed by atoms with Gasteiger partial charge < -0.3 is 5.32 Å². The monoisotopic (exact) mass is 342 g/mol. The van der Waals surface area contributed by atoms with Crippen LogP contribution in [0, 0.1) is 6.92 Å². The largest absolute Gasteiger partial charge is 0.313 e. The molecule has 2 aromatic rings. The number of aryl methyl sites for hydroxylation is 1.